The van der Waals surface area contributed by atoms with Crippen LogP contribution in [0.15, 0.2) is 87.7 Å². The summed E-state index contributed by atoms with van der Waals surface area (Å²) in [5.41, 5.74) is 1.93. The van der Waals surface area contributed by atoms with Crippen LogP contribution in [0.4, 0.5) is 11.4 Å². The van der Waals surface area contributed by atoms with Crippen molar-refractivity contribution in [1.82, 2.24) is 0 Å². The van der Waals surface area contributed by atoms with Gasteiger partial charge in [-0.25, -0.2) is 0 Å². The zero-order valence-corrected chi connectivity index (χ0v) is 17.8. The smallest absolute Gasteiger partial charge is 0.293 e. The molecule has 0 aliphatic heterocycles. The van der Waals surface area contributed by atoms with Crippen molar-refractivity contribution in [2.75, 3.05) is 17.2 Å². The van der Waals surface area contributed by atoms with Gasteiger partial charge in [-0.2, -0.15) is 0 Å². The molecular weight excluding hydrogens is 420 g/mol. The molecule has 2 N–H and O–H groups in total. The Kier molecular flexibility index (Phi) is 5.28. The van der Waals surface area contributed by atoms with E-state index in [0.717, 1.165) is 5.39 Å². The van der Waals surface area contributed by atoms with Crippen LogP contribution < -0.4 is 15.4 Å². The lowest BCUT2D eigenvalue weighted by Crippen LogP contribution is -2.16. The summed E-state index contributed by atoms with van der Waals surface area (Å²) in [5.74, 6) is -0.130. The first kappa shape index (κ1) is 20.4. The third-order valence-corrected chi connectivity index (χ3v) is 5.11. The molecule has 2 heterocycles. The number of hydrogen-bond donors (Lipinski definition) is 2. The highest BCUT2D eigenvalue weighted by atomic mass is 16.5. The number of fused-ring (bicyclic) bond motifs is 2. The normalized spacial score (nSPS) is 10.9. The fourth-order valence-electron chi connectivity index (χ4n) is 3.59. The number of amides is 2. The van der Waals surface area contributed by atoms with Crippen LogP contribution in [0.1, 0.15) is 28.0 Å². The molecule has 0 unspecified atom stereocenters. The van der Waals surface area contributed by atoms with E-state index in [4.69, 9.17) is 13.6 Å². The number of rotatable bonds is 6. The van der Waals surface area contributed by atoms with Gasteiger partial charge in [0.05, 0.1) is 6.61 Å². The van der Waals surface area contributed by atoms with E-state index in [1.165, 1.54) is 0 Å². The molecule has 2 aromatic heterocycles. The van der Waals surface area contributed by atoms with E-state index in [2.05, 4.69) is 10.6 Å². The summed E-state index contributed by atoms with van der Waals surface area (Å²) in [5, 5.41) is 7.02. The third kappa shape index (κ3) is 4.04. The molecule has 0 radical (unpaired) electrons. The van der Waals surface area contributed by atoms with Crippen LogP contribution in [0, 0.1) is 0 Å². The summed E-state index contributed by atoms with van der Waals surface area (Å²) < 4.78 is 16.9. The van der Waals surface area contributed by atoms with Crippen LogP contribution in [0.25, 0.3) is 21.9 Å². The number of ether oxygens (including phenoxy) is 1. The van der Waals surface area contributed by atoms with Crippen molar-refractivity contribution in [3.05, 3.63) is 90.4 Å². The number of carbonyl (C=O) groups is 2. The van der Waals surface area contributed by atoms with Crippen LogP contribution in [0.2, 0.25) is 0 Å². The van der Waals surface area contributed by atoms with Crippen LogP contribution in [0.3, 0.4) is 0 Å². The minimum absolute atomic E-state index is 0.00505. The van der Waals surface area contributed by atoms with Crippen LogP contribution in [-0.2, 0) is 0 Å². The van der Waals surface area contributed by atoms with Crippen LogP contribution in [-0.4, -0.2) is 18.4 Å². The summed E-state index contributed by atoms with van der Waals surface area (Å²) in [4.78, 5) is 26.0. The molecule has 0 spiro atoms. The van der Waals surface area contributed by atoms with Gasteiger partial charge in [0.15, 0.2) is 5.76 Å². The van der Waals surface area contributed by atoms with Crippen molar-refractivity contribution < 1.29 is 23.2 Å². The number of nitrogens with one attached hydrogen (secondary N) is 2. The minimum atomic E-state index is -0.490. The molecule has 0 fully saturated rings. The Morgan fingerprint density at radius 2 is 1.55 bits per heavy atom. The molecule has 0 aliphatic carbocycles. The average Bonchev–Trinajstić information content (AvgIpc) is 3.43. The van der Waals surface area contributed by atoms with E-state index in [0.29, 0.717) is 34.6 Å². The van der Waals surface area contributed by atoms with Crippen LogP contribution >= 0.6 is 0 Å². The molecule has 2 amide bonds. The number of benzene rings is 3. The zero-order chi connectivity index (χ0) is 22.8. The van der Waals surface area contributed by atoms with E-state index >= 15 is 0 Å². The minimum Gasteiger partial charge on any atom is -0.494 e. The molecule has 0 saturated carbocycles. The Balaban J connectivity index is 1.45. The topological polar surface area (TPSA) is 93.7 Å². The molecule has 7 heteroatoms. The number of para-hydroxylation sites is 2. The fraction of sp³-hybridized carbons (Fsp3) is 0.0769. The van der Waals surface area contributed by atoms with Crippen LogP contribution in [0.5, 0.6) is 5.75 Å². The van der Waals surface area contributed by atoms with Crippen molar-refractivity contribution in [3.8, 4) is 5.75 Å². The standard InChI is InChI=1S/C26H20N2O5/c1-2-31-18-13-11-17(12-14-18)27-26(30)24-23(19-8-4-6-10-21(19)33-24)28-25(29)22-15-16-7-3-5-9-20(16)32-22/h3-15H,2H2,1H3,(H,27,30)(H,28,29). The highest BCUT2D eigenvalue weighted by molar-refractivity contribution is 6.16. The summed E-state index contributed by atoms with van der Waals surface area (Å²) in [6.45, 7) is 2.46. The Labute approximate surface area is 188 Å². The van der Waals surface area contributed by atoms with E-state index in [1.54, 1.807) is 54.6 Å². The summed E-state index contributed by atoms with van der Waals surface area (Å²) in [6.07, 6.45) is 0. The molecule has 5 rings (SSSR count). The van der Waals surface area contributed by atoms with Crippen molar-refractivity contribution >= 4 is 45.1 Å². The highest BCUT2D eigenvalue weighted by Gasteiger charge is 2.24. The molecule has 33 heavy (non-hydrogen) atoms. The largest absolute Gasteiger partial charge is 0.494 e. The molecular formula is C26H20N2O5. The molecule has 0 aliphatic rings. The van der Waals surface area contributed by atoms with Crippen molar-refractivity contribution in [2.45, 2.75) is 6.92 Å². The number of hydrogen-bond acceptors (Lipinski definition) is 5. The Bertz CT molecular complexity index is 1430. The first-order chi connectivity index (χ1) is 16.1. The van der Waals surface area contributed by atoms with Gasteiger partial charge in [0.2, 0.25) is 5.76 Å². The van der Waals surface area contributed by atoms with Gasteiger partial charge in [0, 0.05) is 16.5 Å². The van der Waals surface area contributed by atoms with Gasteiger partial charge < -0.3 is 24.2 Å². The average molecular weight is 440 g/mol. The quantitative estimate of drug-likeness (QED) is 0.334. The van der Waals surface area contributed by atoms with Gasteiger partial charge in [-0.15, -0.1) is 0 Å². The van der Waals surface area contributed by atoms with E-state index in [9.17, 15) is 9.59 Å². The third-order valence-electron chi connectivity index (χ3n) is 5.11. The molecule has 7 nitrogen and oxygen atoms in total. The number of furan rings is 2. The Hall–Kier alpha value is -4.52. The second kappa shape index (κ2) is 8.55. The maximum atomic E-state index is 13.1. The first-order valence-corrected chi connectivity index (χ1v) is 10.5. The second-order valence-corrected chi connectivity index (χ2v) is 7.32. The highest BCUT2D eigenvalue weighted by Crippen LogP contribution is 2.32. The maximum absolute atomic E-state index is 13.1. The van der Waals surface area contributed by atoms with Crippen molar-refractivity contribution in [3.63, 3.8) is 0 Å². The number of anilines is 2. The number of carbonyl (C=O) groups excluding carboxylic acids is 2. The summed E-state index contributed by atoms with van der Waals surface area (Å²) in [6, 6.07) is 23.1. The van der Waals surface area contributed by atoms with Crippen molar-refractivity contribution in [1.29, 1.82) is 0 Å². The summed E-state index contributed by atoms with van der Waals surface area (Å²) in [7, 11) is 0. The SMILES string of the molecule is CCOc1ccc(NC(=O)c2oc3ccccc3c2NC(=O)c2cc3ccccc3o2)cc1. The van der Waals surface area contributed by atoms with E-state index in [1.807, 2.05) is 31.2 Å². The van der Waals surface area contributed by atoms with Gasteiger partial charge in [-0.3, -0.25) is 9.59 Å². The van der Waals surface area contributed by atoms with Crippen molar-refractivity contribution in [2.24, 2.45) is 0 Å². The monoisotopic (exact) mass is 440 g/mol. The molecule has 0 bridgehead atoms. The predicted octanol–water partition coefficient (Wildman–Crippen LogP) is 6.08. The molecule has 3 aromatic carbocycles. The van der Waals surface area contributed by atoms with E-state index < -0.39 is 11.8 Å². The zero-order valence-electron chi connectivity index (χ0n) is 17.8. The first-order valence-electron chi connectivity index (χ1n) is 10.5. The van der Waals surface area contributed by atoms with Gasteiger partial charge >= 0.3 is 0 Å². The lowest BCUT2D eigenvalue weighted by Gasteiger charge is -2.08. The molecule has 0 atom stereocenters. The molecule has 5 aromatic rings. The molecule has 164 valence electrons. The maximum Gasteiger partial charge on any atom is 0.293 e. The van der Waals surface area contributed by atoms with E-state index in [-0.39, 0.29) is 17.2 Å². The Morgan fingerprint density at radius 1 is 0.818 bits per heavy atom. The summed E-state index contributed by atoms with van der Waals surface area (Å²) >= 11 is 0. The lowest BCUT2D eigenvalue weighted by atomic mass is 10.2. The predicted molar refractivity (Wildman–Crippen MR) is 126 cm³/mol. The fourth-order valence-corrected chi connectivity index (χ4v) is 3.59. The Morgan fingerprint density at radius 3 is 2.30 bits per heavy atom. The second-order valence-electron chi connectivity index (χ2n) is 7.32. The molecule has 0 saturated heterocycles. The van der Waals surface area contributed by atoms with Gasteiger partial charge in [-0.1, -0.05) is 30.3 Å². The lowest BCUT2D eigenvalue weighted by molar-refractivity contribution is 0.0997. The van der Waals surface area contributed by atoms with Gasteiger partial charge in [0.25, 0.3) is 11.8 Å². The van der Waals surface area contributed by atoms with Gasteiger partial charge in [-0.05, 0) is 55.5 Å². The van der Waals surface area contributed by atoms with Gasteiger partial charge in [0.1, 0.15) is 22.6 Å².